The van der Waals surface area contributed by atoms with Gasteiger partial charge < -0.3 is 0 Å². The third kappa shape index (κ3) is 3.81. The van der Waals surface area contributed by atoms with Crippen LogP contribution < -0.4 is 0 Å². The van der Waals surface area contributed by atoms with Crippen LogP contribution in [-0.4, -0.2) is 0 Å². The molecule has 0 radical (unpaired) electrons. The van der Waals surface area contributed by atoms with Crippen molar-refractivity contribution in [2.45, 2.75) is 17.4 Å². The maximum absolute atomic E-state index is 13.6. The fourth-order valence-corrected chi connectivity index (χ4v) is 2.55. The van der Waals surface area contributed by atoms with E-state index in [9.17, 15) is 22.0 Å². The molecule has 0 aromatic heterocycles. The molecule has 0 bridgehead atoms. The minimum atomic E-state index is -4.39. The lowest BCUT2D eigenvalue weighted by atomic mass is 10.0. The Hall–Kier alpha value is -1.43. The zero-order valence-corrected chi connectivity index (χ0v) is 12.2. The van der Waals surface area contributed by atoms with Gasteiger partial charge in [-0.15, -0.1) is 0 Å². The molecule has 0 aliphatic rings. The van der Waals surface area contributed by atoms with Gasteiger partial charge in [-0.25, -0.2) is 8.78 Å². The highest BCUT2D eigenvalue weighted by Crippen LogP contribution is 2.33. The molecule has 6 heteroatoms. The average molecular weight is 365 g/mol. The van der Waals surface area contributed by atoms with Gasteiger partial charge in [0.05, 0.1) is 5.56 Å². The lowest BCUT2D eigenvalue weighted by Gasteiger charge is -2.13. The maximum atomic E-state index is 13.6. The smallest absolute Gasteiger partial charge is 0.204 e. The van der Waals surface area contributed by atoms with Crippen molar-refractivity contribution in [3.8, 4) is 0 Å². The molecule has 0 heterocycles. The second kappa shape index (κ2) is 6.13. The monoisotopic (exact) mass is 364 g/mol. The predicted octanol–water partition coefficient (Wildman–Crippen LogP) is 5.66. The van der Waals surface area contributed by atoms with Crippen LogP contribution in [0.3, 0.4) is 0 Å². The third-order valence-corrected chi connectivity index (χ3v) is 3.88. The molecule has 0 N–H and O–H groups in total. The van der Waals surface area contributed by atoms with Crippen LogP contribution in [0, 0.1) is 11.6 Å². The Bertz CT molecular complexity index is 619. The number of hydrogen-bond donors (Lipinski definition) is 0. The molecule has 0 aliphatic heterocycles. The molecule has 0 amide bonds. The van der Waals surface area contributed by atoms with Gasteiger partial charge in [0.2, 0.25) is 0 Å². The van der Waals surface area contributed by atoms with Gasteiger partial charge in [0, 0.05) is 4.83 Å². The van der Waals surface area contributed by atoms with Gasteiger partial charge in [-0.3, -0.25) is 0 Å². The van der Waals surface area contributed by atoms with Crippen molar-refractivity contribution in [3.63, 3.8) is 0 Å². The van der Waals surface area contributed by atoms with E-state index in [4.69, 9.17) is 0 Å². The van der Waals surface area contributed by atoms with Gasteiger partial charge in [0.15, 0.2) is 11.6 Å². The zero-order chi connectivity index (χ0) is 15.6. The molecule has 2 rings (SSSR count). The highest BCUT2D eigenvalue weighted by atomic mass is 79.9. The quantitative estimate of drug-likeness (QED) is 0.486. The van der Waals surface area contributed by atoms with Gasteiger partial charge in [0.1, 0.15) is 0 Å². The zero-order valence-electron chi connectivity index (χ0n) is 10.6. The summed E-state index contributed by atoms with van der Waals surface area (Å²) in [6.07, 6.45) is -4.26. The minimum Gasteiger partial charge on any atom is -0.204 e. The molecular formula is C15H10BrF5. The molecule has 0 saturated heterocycles. The molecule has 21 heavy (non-hydrogen) atoms. The van der Waals surface area contributed by atoms with Crippen molar-refractivity contribution >= 4 is 15.9 Å². The number of benzene rings is 2. The van der Waals surface area contributed by atoms with Gasteiger partial charge in [-0.1, -0.05) is 40.2 Å². The van der Waals surface area contributed by atoms with E-state index in [-0.39, 0.29) is 12.0 Å². The topological polar surface area (TPSA) is 0 Å². The normalized spacial score (nSPS) is 13.2. The summed E-state index contributed by atoms with van der Waals surface area (Å²) in [5.74, 6) is -1.88. The average Bonchev–Trinajstić information content (AvgIpc) is 2.43. The lowest BCUT2D eigenvalue weighted by molar-refractivity contribution is -0.137. The van der Waals surface area contributed by atoms with E-state index in [0.29, 0.717) is 5.56 Å². The van der Waals surface area contributed by atoms with E-state index >= 15 is 0 Å². The molecule has 0 fully saturated rings. The number of halogens is 6. The molecule has 1 atom stereocenters. The minimum absolute atomic E-state index is 0.134. The summed E-state index contributed by atoms with van der Waals surface area (Å²) in [5.41, 5.74) is -0.0219. The Balaban J connectivity index is 2.17. The third-order valence-electron chi connectivity index (χ3n) is 3.03. The van der Waals surface area contributed by atoms with Crippen LogP contribution in [0.5, 0.6) is 0 Å². The summed E-state index contributed by atoms with van der Waals surface area (Å²) in [4.78, 5) is -0.406. The van der Waals surface area contributed by atoms with Crippen LogP contribution >= 0.6 is 15.9 Å². The van der Waals surface area contributed by atoms with E-state index in [2.05, 4.69) is 15.9 Å². The van der Waals surface area contributed by atoms with Crippen molar-refractivity contribution in [2.24, 2.45) is 0 Å². The van der Waals surface area contributed by atoms with E-state index < -0.39 is 28.2 Å². The molecule has 0 spiro atoms. The van der Waals surface area contributed by atoms with Crippen LogP contribution in [0.15, 0.2) is 42.5 Å². The van der Waals surface area contributed by atoms with Crippen LogP contribution in [0.1, 0.15) is 21.5 Å². The van der Waals surface area contributed by atoms with Gasteiger partial charge in [-0.2, -0.15) is 13.2 Å². The summed E-state index contributed by atoms with van der Waals surface area (Å²) >= 11 is 3.29. The van der Waals surface area contributed by atoms with Crippen molar-refractivity contribution in [1.29, 1.82) is 0 Å². The lowest BCUT2D eigenvalue weighted by Crippen LogP contribution is -2.05. The number of rotatable bonds is 3. The van der Waals surface area contributed by atoms with Crippen LogP contribution in [0.25, 0.3) is 0 Å². The first-order chi connectivity index (χ1) is 9.79. The SMILES string of the molecule is Fc1cccc(CC(Br)c2ccc(C(F)(F)F)cc2)c1F. The first-order valence-electron chi connectivity index (χ1n) is 6.03. The molecule has 0 nitrogen and oxygen atoms in total. The van der Waals surface area contributed by atoms with Gasteiger partial charge in [0.25, 0.3) is 0 Å². The summed E-state index contributed by atoms with van der Waals surface area (Å²) in [6, 6.07) is 8.41. The highest BCUT2D eigenvalue weighted by molar-refractivity contribution is 9.09. The Morgan fingerprint density at radius 2 is 1.57 bits per heavy atom. The second-order valence-electron chi connectivity index (χ2n) is 4.50. The molecule has 0 aliphatic carbocycles. The molecule has 2 aromatic carbocycles. The van der Waals surface area contributed by atoms with Crippen molar-refractivity contribution in [2.75, 3.05) is 0 Å². The summed E-state index contributed by atoms with van der Waals surface area (Å²) < 4.78 is 64.0. The van der Waals surface area contributed by atoms with Crippen LogP contribution in [0.2, 0.25) is 0 Å². The van der Waals surface area contributed by atoms with Crippen LogP contribution in [0.4, 0.5) is 22.0 Å². The molecule has 112 valence electrons. The van der Waals surface area contributed by atoms with E-state index in [1.165, 1.54) is 24.3 Å². The standard InChI is InChI=1S/C15H10BrF5/c16-12(8-10-2-1-3-13(17)14(10)18)9-4-6-11(7-5-9)15(19,20)21/h1-7,12H,8H2. The molecule has 2 aromatic rings. The Labute approximate surface area is 126 Å². The predicted molar refractivity (Wildman–Crippen MR) is 73.2 cm³/mol. The first-order valence-corrected chi connectivity index (χ1v) is 6.94. The molecular weight excluding hydrogens is 355 g/mol. The Morgan fingerprint density at radius 3 is 2.14 bits per heavy atom. The fourth-order valence-electron chi connectivity index (χ4n) is 1.90. The molecule has 1 unspecified atom stereocenters. The van der Waals surface area contributed by atoms with Crippen molar-refractivity contribution in [1.82, 2.24) is 0 Å². The fraction of sp³-hybridized carbons (Fsp3) is 0.200. The Kier molecular flexibility index (Phi) is 4.66. The maximum Gasteiger partial charge on any atom is 0.416 e. The highest BCUT2D eigenvalue weighted by Gasteiger charge is 2.30. The molecule has 0 saturated carbocycles. The van der Waals surface area contributed by atoms with E-state index in [1.807, 2.05) is 0 Å². The largest absolute Gasteiger partial charge is 0.416 e. The summed E-state index contributed by atoms with van der Waals surface area (Å²) in [5, 5.41) is 0. The first kappa shape index (κ1) is 15.9. The van der Waals surface area contributed by atoms with E-state index in [1.54, 1.807) is 0 Å². The van der Waals surface area contributed by atoms with E-state index in [0.717, 1.165) is 18.2 Å². The Morgan fingerprint density at radius 1 is 0.952 bits per heavy atom. The van der Waals surface area contributed by atoms with Crippen LogP contribution in [-0.2, 0) is 12.6 Å². The van der Waals surface area contributed by atoms with Crippen molar-refractivity contribution in [3.05, 3.63) is 70.8 Å². The summed E-state index contributed by atoms with van der Waals surface area (Å²) in [6.45, 7) is 0. The summed E-state index contributed by atoms with van der Waals surface area (Å²) in [7, 11) is 0. The van der Waals surface area contributed by atoms with Gasteiger partial charge in [-0.05, 0) is 35.7 Å². The van der Waals surface area contributed by atoms with Gasteiger partial charge >= 0.3 is 6.18 Å². The second-order valence-corrected chi connectivity index (χ2v) is 5.61. The number of alkyl halides is 4. The van der Waals surface area contributed by atoms with Crippen molar-refractivity contribution < 1.29 is 22.0 Å². The number of hydrogen-bond acceptors (Lipinski definition) is 0.